The molecule has 1 aliphatic heterocycles. The minimum Gasteiger partial charge on any atom is -0.398 e. The van der Waals surface area contributed by atoms with Crippen LogP contribution in [0.3, 0.4) is 0 Å². The molecule has 1 aliphatic carbocycles. The van der Waals surface area contributed by atoms with Crippen LogP contribution in [0.15, 0.2) is 12.1 Å². The van der Waals surface area contributed by atoms with Crippen molar-refractivity contribution in [1.29, 1.82) is 0 Å². The summed E-state index contributed by atoms with van der Waals surface area (Å²) >= 11 is 0. The average molecular weight is 313 g/mol. The fourth-order valence-corrected chi connectivity index (χ4v) is 2.46. The highest BCUT2D eigenvalue weighted by Gasteiger charge is 2.53. The van der Waals surface area contributed by atoms with Gasteiger partial charge in [-0.05, 0) is 64.2 Å². The van der Waals surface area contributed by atoms with Crippen LogP contribution in [0.4, 0.5) is 13.2 Å². The van der Waals surface area contributed by atoms with Crippen molar-refractivity contribution >= 4 is 12.7 Å². The Morgan fingerprint density at radius 1 is 1.09 bits per heavy atom. The molecule has 0 atom stereocenters. The normalized spacial score (nSPS) is 23.9. The molecule has 22 heavy (non-hydrogen) atoms. The molecule has 120 valence electrons. The molecule has 2 aliphatic rings. The molecule has 0 unspecified atom stereocenters. The van der Waals surface area contributed by atoms with Crippen LogP contribution in [-0.2, 0) is 15.5 Å². The summed E-state index contributed by atoms with van der Waals surface area (Å²) in [6.45, 7) is 7.45. The second kappa shape index (κ2) is 4.71. The summed E-state index contributed by atoms with van der Waals surface area (Å²) in [7, 11) is -0.871. The van der Waals surface area contributed by atoms with Gasteiger partial charge in [0.1, 0.15) is 5.69 Å². The van der Waals surface area contributed by atoms with E-state index in [-0.39, 0.29) is 11.5 Å². The minimum atomic E-state index is -4.47. The van der Waals surface area contributed by atoms with Crippen molar-refractivity contribution in [3.05, 3.63) is 23.4 Å². The van der Waals surface area contributed by atoms with Gasteiger partial charge in [0.05, 0.1) is 16.8 Å². The van der Waals surface area contributed by atoms with Crippen molar-refractivity contribution < 1.29 is 22.5 Å². The molecule has 7 heteroatoms. The van der Waals surface area contributed by atoms with E-state index in [4.69, 9.17) is 9.31 Å². The molecule has 3 nitrogen and oxygen atoms in total. The summed E-state index contributed by atoms with van der Waals surface area (Å²) in [6.07, 6.45) is -2.63. The molecule has 3 rings (SSSR count). The number of halogens is 3. The number of pyridine rings is 1. The number of nitrogens with zero attached hydrogens (tertiary/aromatic N) is 1. The lowest BCUT2D eigenvalue weighted by Gasteiger charge is -2.32. The van der Waals surface area contributed by atoms with Crippen LogP contribution in [0.25, 0.3) is 0 Å². The fraction of sp³-hybridized carbons (Fsp3) is 0.667. The van der Waals surface area contributed by atoms with E-state index in [0.717, 1.165) is 18.9 Å². The van der Waals surface area contributed by atoms with Crippen LogP contribution < -0.4 is 5.59 Å². The quantitative estimate of drug-likeness (QED) is 0.785. The number of hydrogen-bond acceptors (Lipinski definition) is 3. The molecule has 1 aromatic rings. The van der Waals surface area contributed by atoms with E-state index in [1.807, 2.05) is 27.7 Å². The monoisotopic (exact) mass is 313 g/mol. The molecule has 2 fully saturated rings. The predicted octanol–water partition coefficient (Wildman–Crippen LogP) is 3.28. The summed E-state index contributed by atoms with van der Waals surface area (Å²) in [5.41, 5.74) is -1.20. The van der Waals surface area contributed by atoms with Gasteiger partial charge in [-0.1, -0.05) is 0 Å². The maximum absolute atomic E-state index is 13.1. The molecule has 0 spiro atoms. The third-order valence-electron chi connectivity index (χ3n) is 4.70. The van der Waals surface area contributed by atoms with Crippen LogP contribution >= 0.6 is 0 Å². The topological polar surface area (TPSA) is 31.4 Å². The van der Waals surface area contributed by atoms with Gasteiger partial charge >= 0.3 is 13.3 Å². The minimum absolute atomic E-state index is 0.199. The molecule has 1 aromatic heterocycles. The lowest BCUT2D eigenvalue weighted by atomic mass is 9.82. The smallest absolute Gasteiger partial charge is 0.398 e. The fourth-order valence-electron chi connectivity index (χ4n) is 2.46. The van der Waals surface area contributed by atoms with Crippen LogP contribution in [0.5, 0.6) is 0 Å². The maximum atomic E-state index is 13.1. The molecule has 0 aromatic carbocycles. The van der Waals surface area contributed by atoms with Crippen molar-refractivity contribution in [2.75, 3.05) is 0 Å². The second-order valence-corrected chi connectivity index (χ2v) is 7.07. The first-order valence-corrected chi connectivity index (χ1v) is 7.44. The highest BCUT2D eigenvalue weighted by Crippen LogP contribution is 2.42. The standard InChI is InChI=1S/C15H19BF3NO2/c1-13(2)14(3,4)22-16(21-13)12-8-10(9-5-6-9)7-11(20-12)15(17,18)19/h7-9H,5-6H2,1-4H3. The summed E-state index contributed by atoms with van der Waals surface area (Å²) in [6, 6.07) is 2.83. The van der Waals surface area contributed by atoms with Gasteiger partial charge in [0.25, 0.3) is 0 Å². The van der Waals surface area contributed by atoms with Gasteiger partial charge in [-0.25, -0.2) is 0 Å². The van der Waals surface area contributed by atoms with Gasteiger partial charge in [0, 0.05) is 0 Å². The highest BCUT2D eigenvalue weighted by molar-refractivity contribution is 6.61. The van der Waals surface area contributed by atoms with Crippen molar-refractivity contribution in [1.82, 2.24) is 4.98 Å². The van der Waals surface area contributed by atoms with Crippen molar-refractivity contribution in [3.63, 3.8) is 0 Å². The molecular weight excluding hydrogens is 294 g/mol. The summed E-state index contributed by atoms with van der Waals surface area (Å²) in [5, 5.41) is 0. The Morgan fingerprint density at radius 2 is 1.64 bits per heavy atom. The Balaban J connectivity index is 1.99. The predicted molar refractivity (Wildman–Crippen MR) is 76.9 cm³/mol. The number of hydrogen-bond donors (Lipinski definition) is 0. The Labute approximate surface area is 128 Å². The first kappa shape index (κ1) is 15.8. The largest absolute Gasteiger partial charge is 0.514 e. The molecule has 0 amide bonds. The van der Waals surface area contributed by atoms with Gasteiger partial charge in [-0.2, -0.15) is 13.2 Å². The molecular formula is C15H19BF3NO2. The van der Waals surface area contributed by atoms with Gasteiger partial charge in [0.15, 0.2) is 0 Å². The molecule has 0 N–H and O–H groups in total. The Morgan fingerprint density at radius 3 is 2.09 bits per heavy atom. The first-order chi connectivity index (χ1) is 9.99. The van der Waals surface area contributed by atoms with Crippen molar-refractivity contribution in [2.45, 2.75) is 63.8 Å². The second-order valence-electron chi connectivity index (χ2n) is 7.07. The van der Waals surface area contributed by atoms with Crippen molar-refractivity contribution in [2.24, 2.45) is 0 Å². The lowest BCUT2D eigenvalue weighted by molar-refractivity contribution is -0.141. The third kappa shape index (κ3) is 2.76. The summed E-state index contributed by atoms with van der Waals surface area (Å²) in [4.78, 5) is 3.75. The molecule has 2 heterocycles. The Bertz CT molecular complexity index is 581. The third-order valence-corrected chi connectivity index (χ3v) is 4.70. The van der Waals surface area contributed by atoms with Crippen LogP contribution in [0.2, 0.25) is 0 Å². The van der Waals surface area contributed by atoms with Crippen molar-refractivity contribution in [3.8, 4) is 0 Å². The lowest BCUT2D eigenvalue weighted by Crippen LogP contribution is -2.41. The van der Waals surface area contributed by atoms with Gasteiger partial charge < -0.3 is 9.31 Å². The highest BCUT2D eigenvalue weighted by atomic mass is 19.4. The van der Waals surface area contributed by atoms with Gasteiger partial charge in [-0.15, -0.1) is 0 Å². The molecule has 0 bridgehead atoms. The average Bonchev–Trinajstić information content (AvgIpc) is 3.16. The number of aromatic nitrogens is 1. The van der Waals surface area contributed by atoms with Gasteiger partial charge in [0.2, 0.25) is 0 Å². The van der Waals surface area contributed by atoms with E-state index in [1.54, 1.807) is 6.07 Å². The van der Waals surface area contributed by atoms with E-state index < -0.39 is 30.2 Å². The van der Waals surface area contributed by atoms with E-state index >= 15 is 0 Å². The number of alkyl halides is 3. The number of rotatable bonds is 2. The summed E-state index contributed by atoms with van der Waals surface area (Å²) in [5.74, 6) is 0.199. The van der Waals surface area contributed by atoms with E-state index in [1.165, 1.54) is 0 Å². The Hall–Kier alpha value is -1.08. The Kier molecular flexibility index (Phi) is 3.38. The van der Waals surface area contributed by atoms with Crippen LogP contribution in [0.1, 0.15) is 57.7 Å². The zero-order chi connectivity index (χ0) is 16.3. The van der Waals surface area contributed by atoms with E-state index in [9.17, 15) is 13.2 Å². The summed E-state index contributed by atoms with van der Waals surface area (Å²) < 4.78 is 50.9. The zero-order valence-corrected chi connectivity index (χ0v) is 13.1. The molecule has 1 saturated carbocycles. The van der Waals surface area contributed by atoms with Crippen LogP contribution in [0, 0.1) is 0 Å². The van der Waals surface area contributed by atoms with E-state index in [0.29, 0.717) is 5.56 Å². The SMILES string of the molecule is CC1(C)OB(c2cc(C3CC3)cc(C(F)(F)F)n2)OC1(C)C. The maximum Gasteiger partial charge on any atom is 0.514 e. The first-order valence-electron chi connectivity index (χ1n) is 7.44. The molecule has 0 radical (unpaired) electrons. The van der Waals surface area contributed by atoms with E-state index in [2.05, 4.69) is 4.98 Å². The zero-order valence-electron chi connectivity index (χ0n) is 13.1. The molecule has 1 saturated heterocycles. The van der Waals surface area contributed by atoms with Crippen LogP contribution in [-0.4, -0.2) is 23.3 Å². The van der Waals surface area contributed by atoms with Gasteiger partial charge in [-0.3, -0.25) is 4.98 Å².